The summed E-state index contributed by atoms with van der Waals surface area (Å²) < 4.78 is 6.30. The fourth-order valence-electron chi connectivity index (χ4n) is 4.34. The van der Waals surface area contributed by atoms with E-state index >= 15 is 0 Å². The van der Waals surface area contributed by atoms with E-state index in [1.54, 1.807) is 0 Å². The molecular formula is C18H25NOS. The molecule has 0 heterocycles. The minimum absolute atomic E-state index is 0.330. The molecule has 3 heteroatoms. The molecular weight excluding hydrogens is 278 g/mol. The predicted molar refractivity (Wildman–Crippen MR) is 90.1 cm³/mol. The van der Waals surface area contributed by atoms with Crippen molar-refractivity contribution in [1.82, 2.24) is 0 Å². The first-order valence-electron chi connectivity index (χ1n) is 7.85. The second kappa shape index (κ2) is 5.06. The van der Waals surface area contributed by atoms with Crippen LogP contribution in [0.1, 0.15) is 51.2 Å². The number of ether oxygens (including phenoxy) is 1. The molecule has 114 valence electrons. The maximum absolute atomic E-state index is 6.30. The number of thiocarbonyl (C=S) groups is 1. The van der Waals surface area contributed by atoms with Crippen LogP contribution in [-0.4, -0.2) is 11.1 Å². The minimum atomic E-state index is 0.330. The van der Waals surface area contributed by atoms with Crippen LogP contribution in [0.4, 0.5) is 0 Å². The van der Waals surface area contributed by atoms with Gasteiger partial charge in [-0.05, 0) is 41.6 Å². The molecule has 2 N–H and O–H groups in total. The van der Waals surface area contributed by atoms with Gasteiger partial charge >= 0.3 is 0 Å². The summed E-state index contributed by atoms with van der Waals surface area (Å²) in [6.45, 7) is 7.94. The summed E-state index contributed by atoms with van der Waals surface area (Å²) in [4.78, 5) is 0.449. The van der Waals surface area contributed by atoms with Crippen LogP contribution in [0, 0.1) is 16.7 Å². The van der Waals surface area contributed by atoms with Gasteiger partial charge in [0.15, 0.2) is 0 Å². The van der Waals surface area contributed by atoms with E-state index in [2.05, 4.69) is 32.9 Å². The third-order valence-corrected chi connectivity index (χ3v) is 6.64. The fraction of sp³-hybridized carbons (Fsp3) is 0.611. The molecule has 2 bridgehead atoms. The molecule has 1 aromatic carbocycles. The lowest BCUT2D eigenvalue weighted by Gasteiger charge is -2.38. The Kier molecular flexibility index (Phi) is 3.61. The summed E-state index contributed by atoms with van der Waals surface area (Å²) in [6, 6.07) is 8.09. The summed E-state index contributed by atoms with van der Waals surface area (Å²) in [7, 11) is 0. The van der Waals surface area contributed by atoms with Crippen LogP contribution in [0.3, 0.4) is 0 Å². The number of nitrogens with two attached hydrogens (primary N) is 1. The highest BCUT2D eigenvalue weighted by Gasteiger charge is 2.61. The topological polar surface area (TPSA) is 35.2 Å². The summed E-state index contributed by atoms with van der Waals surface area (Å²) in [6.07, 6.45) is 4.28. The summed E-state index contributed by atoms with van der Waals surface area (Å²) >= 11 is 4.98. The highest BCUT2D eigenvalue weighted by Crippen LogP contribution is 2.66. The van der Waals surface area contributed by atoms with Crippen molar-refractivity contribution < 1.29 is 4.74 Å². The summed E-state index contributed by atoms with van der Waals surface area (Å²) in [5.41, 5.74) is 8.48. The fourth-order valence-corrected chi connectivity index (χ4v) is 4.48. The lowest BCUT2D eigenvalue weighted by Crippen LogP contribution is -2.37. The van der Waals surface area contributed by atoms with Gasteiger partial charge in [-0.2, -0.15) is 0 Å². The van der Waals surface area contributed by atoms with Gasteiger partial charge in [0.1, 0.15) is 4.99 Å². The maximum atomic E-state index is 6.30. The van der Waals surface area contributed by atoms with Gasteiger partial charge in [-0.3, -0.25) is 0 Å². The van der Waals surface area contributed by atoms with Gasteiger partial charge in [0.2, 0.25) is 0 Å². The van der Waals surface area contributed by atoms with Crippen molar-refractivity contribution in [3.63, 3.8) is 0 Å². The van der Waals surface area contributed by atoms with Gasteiger partial charge in [0.25, 0.3) is 0 Å². The van der Waals surface area contributed by atoms with Crippen molar-refractivity contribution in [3.8, 4) is 0 Å². The van der Waals surface area contributed by atoms with Crippen molar-refractivity contribution in [2.45, 2.75) is 52.7 Å². The smallest absolute Gasteiger partial charge is 0.103 e. The number of fused-ring (bicyclic) bond motifs is 2. The Hall–Kier alpha value is -0.930. The van der Waals surface area contributed by atoms with Gasteiger partial charge in [0.05, 0.1) is 12.7 Å². The molecule has 0 aromatic heterocycles. The molecule has 2 fully saturated rings. The quantitative estimate of drug-likeness (QED) is 0.852. The first-order chi connectivity index (χ1) is 9.84. The zero-order chi connectivity index (χ0) is 15.3. The largest absolute Gasteiger partial charge is 0.389 e. The molecule has 2 aliphatic carbocycles. The predicted octanol–water partition coefficient (Wildman–Crippen LogP) is 4.05. The molecule has 0 amide bonds. The van der Waals surface area contributed by atoms with Crippen LogP contribution in [0.5, 0.6) is 0 Å². The molecule has 2 saturated carbocycles. The van der Waals surface area contributed by atoms with E-state index in [9.17, 15) is 0 Å². The molecule has 3 unspecified atom stereocenters. The number of hydrogen-bond acceptors (Lipinski definition) is 2. The molecule has 2 aliphatic rings. The summed E-state index contributed by atoms with van der Waals surface area (Å²) in [5, 5.41) is 0. The Bertz CT molecular complexity index is 551. The van der Waals surface area contributed by atoms with E-state index in [1.165, 1.54) is 24.8 Å². The zero-order valence-corrected chi connectivity index (χ0v) is 14.0. The highest BCUT2D eigenvalue weighted by molar-refractivity contribution is 7.80. The number of rotatable bonds is 4. The molecule has 3 atom stereocenters. The third kappa shape index (κ3) is 2.31. The van der Waals surface area contributed by atoms with Crippen molar-refractivity contribution >= 4 is 17.2 Å². The van der Waals surface area contributed by atoms with Crippen molar-refractivity contribution in [2.24, 2.45) is 22.5 Å². The Balaban J connectivity index is 1.65. The standard InChI is InChI=1S/C18H25NOS/c1-17(2)14-8-9-18(17,3)15(10-14)20-11-12-4-6-13(7-5-12)16(19)21/h4-7,14-15H,8-11H2,1-3H3,(H2,19,21). The van der Waals surface area contributed by atoms with Gasteiger partial charge in [-0.1, -0.05) is 57.3 Å². The Labute approximate surface area is 133 Å². The highest BCUT2D eigenvalue weighted by atomic mass is 32.1. The molecule has 1 aromatic rings. The molecule has 3 rings (SSSR count). The summed E-state index contributed by atoms with van der Waals surface area (Å²) in [5.74, 6) is 0.824. The molecule has 0 spiro atoms. The zero-order valence-electron chi connectivity index (χ0n) is 13.2. The maximum Gasteiger partial charge on any atom is 0.103 e. The Morgan fingerprint density at radius 3 is 2.43 bits per heavy atom. The lowest BCUT2D eigenvalue weighted by molar-refractivity contribution is -0.0550. The van der Waals surface area contributed by atoms with Gasteiger partial charge in [-0.25, -0.2) is 0 Å². The normalized spacial score (nSPS) is 33.3. The van der Waals surface area contributed by atoms with Crippen LogP contribution in [0.2, 0.25) is 0 Å². The van der Waals surface area contributed by atoms with Gasteiger partial charge in [0, 0.05) is 5.56 Å². The minimum Gasteiger partial charge on any atom is -0.389 e. The Morgan fingerprint density at radius 2 is 1.95 bits per heavy atom. The second-order valence-electron chi connectivity index (χ2n) is 7.47. The first kappa shape index (κ1) is 15.0. The van der Waals surface area contributed by atoms with E-state index in [0.29, 0.717) is 28.5 Å². The van der Waals surface area contributed by atoms with E-state index in [-0.39, 0.29) is 0 Å². The second-order valence-corrected chi connectivity index (χ2v) is 7.91. The number of hydrogen-bond donors (Lipinski definition) is 1. The van der Waals surface area contributed by atoms with E-state index < -0.39 is 0 Å². The molecule has 0 aliphatic heterocycles. The SMILES string of the molecule is CC1(C)C2CCC1(C)C(OCc1ccc(C(N)=S)cc1)C2. The molecule has 21 heavy (non-hydrogen) atoms. The van der Waals surface area contributed by atoms with Crippen molar-refractivity contribution in [3.05, 3.63) is 35.4 Å². The van der Waals surface area contributed by atoms with Crippen LogP contribution in [0.15, 0.2) is 24.3 Å². The molecule has 0 radical (unpaired) electrons. The van der Waals surface area contributed by atoms with E-state index in [0.717, 1.165) is 11.5 Å². The molecule has 0 saturated heterocycles. The monoisotopic (exact) mass is 303 g/mol. The van der Waals surface area contributed by atoms with Crippen molar-refractivity contribution in [1.29, 1.82) is 0 Å². The van der Waals surface area contributed by atoms with Gasteiger partial charge < -0.3 is 10.5 Å². The average molecular weight is 303 g/mol. The number of benzene rings is 1. The van der Waals surface area contributed by atoms with Crippen LogP contribution in [-0.2, 0) is 11.3 Å². The van der Waals surface area contributed by atoms with Crippen LogP contribution in [0.25, 0.3) is 0 Å². The van der Waals surface area contributed by atoms with E-state index in [4.69, 9.17) is 22.7 Å². The first-order valence-corrected chi connectivity index (χ1v) is 8.26. The van der Waals surface area contributed by atoms with Crippen LogP contribution >= 0.6 is 12.2 Å². The van der Waals surface area contributed by atoms with E-state index in [1.807, 2.05) is 12.1 Å². The Morgan fingerprint density at radius 1 is 1.29 bits per heavy atom. The van der Waals surface area contributed by atoms with Gasteiger partial charge in [-0.15, -0.1) is 0 Å². The van der Waals surface area contributed by atoms with Crippen molar-refractivity contribution in [2.75, 3.05) is 0 Å². The third-order valence-electron chi connectivity index (χ3n) is 6.40. The average Bonchev–Trinajstić information content (AvgIpc) is 2.78. The lowest BCUT2D eigenvalue weighted by atomic mass is 9.70. The van der Waals surface area contributed by atoms with Crippen LogP contribution < -0.4 is 5.73 Å². The molecule has 2 nitrogen and oxygen atoms in total.